The lowest BCUT2D eigenvalue weighted by Crippen LogP contribution is -2.54. The van der Waals surface area contributed by atoms with Gasteiger partial charge in [-0.05, 0) is 31.0 Å². The molecule has 2 atom stereocenters. The lowest BCUT2D eigenvalue weighted by atomic mass is 10.0. The molecule has 3 N–H and O–H groups in total. The number of hydrogen-bond acceptors (Lipinski definition) is 6. The normalized spacial score (nSPS) is 25.3. The van der Waals surface area contributed by atoms with Crippen LogP contribution in [0.4, 0.5) is 5.69 Å². The molecule has 2 saturated heterocycles. The molecular weight excluding hydrogens is 360 g/mol. The second-order valence-electron chi connectivity index (χ2n) is 6.67. The van der Waals surface area contributed by atoms with E-state index in [9.17, 15) is 19.2 Å². The Labute approximate surface area is 156 Å². The summed E-state index contributed by atoms with van der Waals surface area (Å²) in [5.41, 5.74) is 7.37. The zero-order valence-corrected chi connectivity index (χ0v) is 14.8. The molecule has 3 aliphatic heterocycles. The number of imide groups is 2. The second-order valence-corrected chi connectivity index (χ2v) is 6.67. The molecule has 3 aliphatic rings. The monoisotopic (exact) mass is 378 g/mol. The number of amides is 4. The van der Waals surface area contributed by atoms with Gasteiger partial charge < -0.3 is 10.6 Å². The van der Waals surface area contributed by atoms with Gasteiger partial charge in [0.1, 0.15) is 6.04 Å². The molecule has 0 aromatic heterocycles. The Morgan fingerprint density at radius 2 is 1.77 bits per heavy atom. The number of fused-ring (bicyclic) bond motifs is 1. The Hall–Kier alpha value is -2.45. The van der Waals surface area contributed by atoms with E-state index in [0.717, 1.165) is 23.6 Å². The molecule has 0 aliphatic carbocycles. The molecule has 0 spiro atoms. The number of benzene rings is 1. The summed E-state index contributed by atoms with van der Waals surface area (Å²) in [5, 5.41) is 2.19. The molecule has 1 aromatic rings. The first-order valence-electron chi connectivity index (χ1n) is 8.32. The Morgan fingerprint density at radius 3 is 2.42 bits per heavy atom. The van der Waals surface area contributed by atoms with Gasteiger partial charge in [-0.25, -0.2) is 0 Å². The zero-order valence-electron chi connectivity index (χ0n) is 13.9. The van der Waals surface area contributed by atoms with Crippen LogP contribution in [0.25, 0.3) is 0 Å². The predicted octanol–water partition coefficient (Wildman–Crippen LogP) is 0.0470. The average Bonchev–Trinajstić information content (AvgIpc) is 3.11. The second kappa shape index (κ2) is 6.69. The summed E-state index contributed by atoms with van der Waals surface area (Å²) in [7, 11) is 0. The van der Waals surface area contributed by atoms with Crippen LogP contribution in [-0.4, -0.2) is 53.7 Å². The van der Waals surface area contributed by atoms with Crippen molar-refractivity contribution in [2.75, 3.05) is 18.0 Å². The van der Waals surface area contributed by atoms with E-state index in [1.807, 2.05) is 0 Å². The molecule has 4 amide bonds. The number of piperidine rings is 1. The third kappa shape index (κ3) is 2.85. The van der Waals surface area contributed by atoms with Crippen LogP contribution in [0.1, 0.15) is 40.0 Å². The molecule has 8 nitrogen and oxygen atoms in total. The van der Waals surface area contributed by atoms with Gasteiger partial charge in [-0.15, -0.1) is 12.4 Å². The van der Waals surface area contributed by atoms with Crippen LogP contribution in [0, 0.1) is 0 Å². The summed E-state index contributed by atoms with van der Waals surface area (Å²) >= 11 is 0. The number of rotatable bonds is 2. The van der Waals surface area contributed by atoms with Gasteiger partial charge in [-0.1, -0.05) is 0 Å². The maximum Gasteiger partial charge on any atom is 0.262 e. The molecule has 0 bridgehead atoms. The molecule has 4 rings (SSSR count). The van der Waals surface area contributed by atoms with Crippen molar-refractivity contribution in [2.45, 2.75) is 31.3 Å². The fraction of sp³-hybridized carbons (Fsp3) is 0.412. The van der Waals surface area contributed by atoms with Crippen LogP contribution in [0.5, 0.6) is 0 Å². The molecule has 3 heterocycles. The van der Waals surface area contributed by atoms with E-state index in [1.165, 1.54) is 0 Å². The first-order chi connectivity index (χ1) is 12.0. The van der Waals surface area contributed by atoms with Gasteiger partial charge in [0, 0.05) is 31.2 Å². The van der Waals surface area contributed by atoms with Crippen LogP contribution >= 0.6 is 12.4 Å². The minimum Gasteiger partial charge on any atom is -0.370 e. The molecule has 2 fully saturated rings. The van der Waals surface area contributed by atoms with Crippen molar-refractivity contribution in [1.29, 1.82) is 0 Å². The highest BCUT2D eigenvalue weighted by atomic mass is 35.5. The third-order valence-electron chi connectivity index (χ3n) is 5.01. The van der Waals surface area contributed by atoms with E-state index >= 15 is 0 Å². The summed E-state index contributed by atoms with van der Waals surface area (Å²) < 4.78 is 0. The third-order valence-corrected chi connectivity index (χ3v) is 5.01. The first kappa shape index (κ1) is 18.3. The van der Waals surface area contributed by atoms with Gasteiger partial charge >= 0.3 is 0 Å². The summed E-state index contributed by atoms with van der Waals surface area (Å²) in [6, 6.07) is 4.29. The Balaban J connectivity index is 0.00000196. The standard InChI is InChI=1S/C17H18N4O4.ClH/c18-9-5-6-20(8-9)10-1-2-11-12(7-10)17(25)21(16(11)24)13-3-4-14(22)19-15(13)23;/h1-2,7,9,13H,3-6,8,18H2,(H,19,22,23);1H/t9-,13?;/m1./s1. The van der Waals surface area contributed by atoms with Crippen molar-refractivity contribution >= 4 is 41.7 Å². The van der Waals surface area contributed by atoms with E-state index in [-0.39, 0.29) is 37.2 Å². The van der Waals surface area contributed by atoms with Crippen molar-refractivity contribution in [3.63, 3.8) is 0 Å². The van der Waals surface area contributed by atoms with Gasteiger partial charge in [0.2, 0.25) is 11.8 Å². The minimum atomic E-state index is -0.936. The lowest BCUT2D eigenvalue weighted by molar-refractivity contribution is -0.136. The molecule has 1 unspecified atom stereocenters. The number of halogens is 1. The van der Waals surface area contributed by atoms with E-state index in [4.69, 9.17) is 5.73 Å². The van der Waals surface area contributed by atoms with Crippen molar-refractivity contribution in [2.24, 2.45) is 5.73 Å². The lowest BCUT2D eigenvalue weighted by Gasteiger charge is -2.27. The van der Waals surface area contributed by atoms with Gasteiger partial charge in [-0.2, -0.15) is 0 Å². The van der Waals surface area contributed by atoms with Crippen LogP contribution in [0.3, 0.4) is 0 Å². The van der Waals surface area contributed by atoms with E-state index in [2.05, 4.69) is 10.2 Å². The predicted molar refractivity (Wildman–Crippen MR) is 95.2 cm³/mol. The topological polar surface area (TPSA) is 113 Å². The summed E-state index contributed by atoms with van der Waals surface area (Å²) in [4.78, 5) is 51.8. The van der Waals surface area contributed by atoms with Crippen LogP contribution < -0.4 is 16.0 Å². The van der Waals surface area contributed by atoms with Crippen LogP contribution in [-0.2, 0) is 9.59 Å². The number of carbonyl (C=O) groups excluding carboxylic acids is 4. The van der Waals surface area contributed by atoms with E-state index in [1.54, 1.807) is 18.2 Å². The quantitative estimate of drug-likeness (QED) is 0.703. The number of carbonyl (C=O) groups is 4. The minimum absolute atomic E-state index is 0. The van der Waals surface area contributed by atoms with Crippen molar-refractivity contribution in [3.8, 4) is 0 Å². The van der Waals surface area contributed by atoms with Crippen molar-refractivity contribution < 1.29 is 19.2 Å². The maximum absolute atomic E-state index is 12.8. The molecular formula is C17H19ClN4O4. The fourth-order valence-electron chi connectivity index (χ4n) is 3.68. The van der Waals surface area contributed by atoms with Gasteiger partial charge in [0.05, 0.1) is 11.1 Å². The summed E-state index contributed by atoms with van der Waals surface area (Å²) in [6.45, 7) is 1.51. The molecule has 9 heteroatoms. The molecule has 0 radical (unpaired) electrons. The highest BCUT2D eigenvalue weighted by Gasteiger charge is 2.44. The van der Waals surface area contributed by atoms with Crippen molar-refractivity contribution in [3.05, 3.63) is 29.3 Å². The van der Waals surface area contributed by atoms with Gasteiger partial charge in [0.25, 0.3) is 11.8 Å². The Bertz CT molecular complexity index is 812. The fourth-order valence-corrected chi connectivity index (χ4v) is 3.68. The number of nitrogens with zero attached hydrogens (tertiary/aromatic N) is 2. The van der Waals surface area contributed by atoms with Crippen LogP contribution in [0.2, 0.25) is 0 Å². The summed E-state index contributed by atoms with van der Waals surface area (Å²) in [6.07, 6.45) is 1.15. The van der Waals surface area contributed by atoms with Crippen molar-refractivity contribution in [1.82, 2.24) is 10.2 Å². The zero-order chi connectivity index (χ0) is 17.7. The molecule has 0 saturated carbocycles. The van der Waals surface area contributed by atoms with E-state index < -0.39 is 23.8 Å². The smallest absolute Gasteiger partial charge is 0.262 e. The number of anilines is 1. The number of hydrogen-bond donors (Lipinski definition) is 2. The Kier molecular flexibility index (Phi) is 4.72. The highest BCUT2D eigenvalue weighted by Crippen LogP contribution is 2.31. The van der Waals surface area contributed by atoms with Gasteiger partial charge in [0.15, 0.2) is 0 Å². The molecule has 1 aromatic carbocycles. The van der Waals surface area contributed by atoms with E-state index in [0.29, 0.717) is 17.7 Å². The largest absolute Gasteiger partial charge is 0.370 e. The number of nitrogens with one attached hydrogen (secondary N) is 1. The molecule has 26 heavy (non-hydrogen) atoms. The highest BCUT2D eigenvalue weighted by molar-refractivity contribution is 6.23. The number of nitrogens with two attached hydrogens (primary N) is 1. The molecule has 138 valence electrons. The van der Waals surface area contributed by atoms with Crippen LogP contribution in [0.15, 0.2) is 18.2 Å². The summed E-state index contributed by atoms with van der Waals surface area (Å²) in [5.74, 6) is -1.96. The van der Waals surface area contributed by atoms with Gasteiger partial charge in [-0.3, -0.25) is 29.4 Å². The average molecular weight is 379 g/mol. The Morgan fingerprint density at radius 1 is 1.04 bits per heavy atom. The SMILES string of the molecule is Cl.N[C@@H]1CCN(c2ccc3c(c2)C(=O)N(C2CCC(=O)NC2=O)C3=O)C1. The maximum atomic E-state index is 12.8. The first-order valence-corrected chi connectivity index (χ1v) is 8.32.